The van der Waals surface area contributed by atoms with Crippen molar-refractivity contribution in [2.75, 3.05) is 27.2 Å². The molecule has 0 radical (unpaired) electrons. The molecule has 0 N–H and O–H groups in total. The Morgan fingerprint density at radius 1 is 1.08 bits per heavy atom. The minimum atomic E-state index is -1.75. The van der Waals surface area contributed by atoms with Gasteiger partial charge in [0.25, 0.3) is 0 Å². The minimum Gasteiger partial charge on any atom is -0.147 e. The van der Waals surface area contributed by atoms with Gasteiger partial charge in [0.05, 0.1) is 0 Å². The summed E-state index contributed by atoms with van der Waals surface area (Å²) in [5.41, 5.74) is 4.34. The van der Waals surface area contributed by atoms with Gasteiger partial charge in [0.2, 0.25) is 0 Å². The van der Waals surface area contributed by atoms with Crippen molar-refractivity contribution in [2.24, 2.45) is 0 Å². The van der Waals surface area contributed by atoms with E-state index in [0.717, 1.165) is 19.6 Å². The van der Waals surface area contributed by atoms with E-state index in [-0.39, 0.29) is 24.8 Å². The molecule has 0 saturated heterocycles. The molecule has 0 spiro atoms. The Bertz CT molecular complexity index is 802. The van der Waals surface area contributed by atoms with Crippen LogP contribution >= 0.6 is 24.8 Å². The van der Waals surface area contributed by atoms with Crippen molar-refractivity contribution in [3.05, 3.63) is 59.7 Å². The van der Waals surface area contributed by atoms with Crippen LogP contribution in [0.3, 0.4) is 0 Å². The second-order valence-electron chi connectivity index (χ2n) is 6.55. The van der Waals surface area contributed by atoms with Gasteiger partial charge in [-0.3, -0.25) is 0 Å². The number of likely N-dealkylation sites (N-methyl/N-ethyl adjacent to an activating group) is 1. The van der Waals surface area contributed by atoms with Crippen molar-refractivity contribution < 1.29 is 21.6 Å². The van der Waals surface area contributed by atoms with Crippen LogP contribution in [0, 0.1) is 0 Å². The molecule has 5 heteroatoms. The topological polar surface area (TPSA) is 12.5 Å². The third kappa shape index (κ3) is 5.01. The van der Waals surface area contributed by atoms with Crippen LogP contribution in [0.2, 0.25) is 5.23 Å². The number of benzene rings is 2. The maximum Gasteiger partial charge on any atom is -0.147 e. The van der Waals surface area contributed by atoms with Gasteiger partial charge in [-0.15, -0.1) is 24.8 Å². The normalized spacial score (nSPS) is 13.1. The third-order valence-corrected chi connectivity index (χ3v) is 7.55. The van der Waals surface area contributed by atoms with Crippen LogP contribution in [-0.4, -0.2) is 32.1 Å². The molecule has 0 aromatic heterocycles. The van der Waals surface area contributed by atoms with E-state index in [9.17, 15) is 0 Å². The van der Waals surface area contributed by atoms with Crippen LogP contribution in [0.5, 0.6) is 0 Å². The Morgan fingerprint density at radius 2 is 1.81 bits per heavy atom. The maximum atomic E-state index is 6.17. The number of allylic oxidation sites excluding steroid dienone is 2. The summed E-state index contributed by atoms with van der Waals surface area (Å²) in [6.07, 6.45) is 5.62. The van der Waals surface area contributed by atoms with Crippen molar-refractivity contribution in [3.63, 3.8) is 0 Å². The quantitative estimate of drug-likeness (QED) is 0.586. The van der Waals surface area contributed by atoms with Crippen LogP contribution in [0.4, 0.5) is 0 Å². The van der Waals surface area contributed by atoms with Gasteiger partial charge < -0.3 is 0 Å². The van der Waals surface area contributed by atoms with E-state index in [4.69, 9.17) is 3.32 Å². The first-order valence-electron chi connectivity index (χ1n) is 8.64. The average molecular weight is 429 g/mol. The Labute approximate surface area is 176 Å². The molecule has 0 bridgehead atoms. The predicted octanol–water partition coefficient (Wildman–Crippen LogP) is 5.20. The van der Waals surface area contributed by atoms with Gasteiger partial charge >= 0.3 is 152 Å². The van der Waals surface area contributed by atoms with Gasteiger partial charge in [-0.1, -0.05) is 0 Å². The van der Waals surface area contributed by atoms with Gasteiger partial charge in [0.1, 0.15) is 0 Å². The van der Waals surface area contributed by atoms with Crippen molar-refractivity contribution >= 4 is 45.0 Å². The molecule has 0 unspecified atom stereocenters. The predicted molar refractivity (Wildman–Crippen MR) is 115 cm³/mol. The van der Waals surface area contributed by atoms with Crippen molar-refractivity contribution in [1.82, 2.24) is 4.90 Å². The van der Waals surface area contributed by atoms with E-state index >= 15 is 0 Å². The number of hydrogen-bond acceptors (Lipinski definition) is 2. The van der Waals surface area contributed by atoms with Crippen LogP contribution in [0.25, 0.3) is 16.3 Å². The van der Waals surface area contributed by atoms with E-state index in [2.05, 4.69) is 79.7 Å². The number of nitrogens with zero attached hydrogens (tertiary/aromatic N) is 1. The Morgan fingerprint density at radius 3 is 2.50 bits per heavy atom. The van der Waals surface area contributed by atoms with Crippen molar-refractivity contribution in [3.8, 4) is 0 Å². The molecular weight excluding hydrogens is 401 g/mol. The van der Waals surface area contributed by atoms with Crippen LogP contribution in [0.15, 0.2) is 54.1 Å². The maximum absolute atomic E-state index is 6.17. The summed E-state index contributed by atoms with van der Waals surface area (Å²) in [4.78, 5) is 2.25. The fourth-order valence-electron chi connectivity index (χ4n) is 3.51. The number of rotatable bonds is 6. The molecule has 2 aromatic rings. The van der Waals surface area contributed by atoms with E-state index in [1.807, 2.05) is 0 Å². The summed E-state index contributed by atoms with van der Waals surface area (Å²) >= 11 is -1.75. The molecule has 0 saturated carbocycles. The fraction of sp³-hybridized carbons (Fsp3) is 0.333. The zero-order valence-electron chi connectivity index (χ0n) is 15.9. The Hall–Kier alpha value is -0.606. The zero-order chi connectivity index (χ0) is 17.1. The first-order valence-corrected chi connectivity index (χ1v) is 11.6. The molecule has 0 fully saturated rings. The van der Waals surface area contributed by atoms with E-state index in [1.54, 1.807) is 0 Å². The molecule has 2 aromatic carbocycles. The van der Waals surface area contributed by atoms with E-state index in [1.165, 1.54) is 31.4 Å². The molecule has 0 amide bonds. The van der Waals surface area contributed by atoms with Crippen molar-refractivity contribution in [2.45, 2.75) is 18.6 Å². The molecule has 141 valence electrons. The van der Waals surface area contributed by atoms with E-state index in [0.29, 0.717) is 0 Å². The smallest absolute Gasteiger partial charge is 0.147 e. The first kappa shape index (κ1) is 23.4. The second kappa shape index (κ2) is 10.7. The fourth-order valence-corrected chi connectivity index (χ4v) is 6.32. The molecule has 1 aliphatic rings. The number of hydrogen-bond donors (Lipinski definition) is 0. The molecule has 1 aliphatic carbocycles. The Kier molecular flexibility index (Phi) is 9.61. The standard InChI is InChI=1S/C18H18N.C2H5O.CH3.2ClH.Ti/c1-19(2)13-17-8-5-9-18(17)16-11-10-14-6-3-4-7-15(14)12-16;1-2-3;;;;/h3-8,10-11H,9,13H2,1-2H3;2H2,1H3;1H3;2*1H;/q;-1;;;;+1. The number of halogens is 2. The SMILES string of the molecule is CC[O][Ti]([CH3])[c]1c(C2=C(CN(C)C)C=CC2)ccc2ccccc12.Cl.Cl. The van der Waals surface area contributed by atoms with Crippen molar-refractivity contribution in [1.29, 1.82) is 0 Å². The molecule has 3 rings (SSSR count). The van der Waals surface area contributed by atoms with Gasteiger partial charge in [0, 0.05) is 0 Å². The summed E-state index contributed by atoms with van der Waals surface area (Å²) in [6.45, 7) is 3.90. The van der Waals surface area contributed by atoms with Gasteiger partial charge in [0.15, 0.2) is 0 Å². The number of fused-ring (bicyclic) bond motifs is 1. The summed E-state index contributed by atoms with van der Waals surface area (Å²) in [5.74, 6) is 0. The van der Waals surface area contributed by atoms with Gasteiger partial charge in [-0.2, -0.15) is 0 Å². The molecule has 0 aliphatic heterocycles. The van der Waals surface area contributed by atoms with E-state index < -0.39 is 18.3 Å². The third-order valence-electron chi connectivity index (χ3n) is 4.48. The zero-order valence-corrected chi connectivity index (χ0v) is 19.1. The molecule has 2 nitrogen and oxygen atoms in total. The summed E-state index contributed by atoms with van der Waals surface area (Å²) < 4.78 is 7.66. The monoisotopic (exact) mass is 428 g/mol. The molecule has 0 atom stereocenters. The average Bonchev–Trinajstić information content (AvgIpc) is 3.01. The molecular formula is C21H28Cl2NOTi. The largest absolute Gasteiger partial charge is 0.147 e. The molecule has 0 heterocycles. The second-order valence-corrected chi connectivity index (χ2v) is 9.52. The first-order chi connectivity index (χ1) is 11.6. The molecule has 26 heavy (non-hydrogen) atoms. The van der Waals surface area contributed by atoms with Crippen LogP contribution < -0.4 is 3.87 Å². The van der Waals surface area contributed by atoms with Gasteiger partial charge in [-0.05, 0) is 0 Å². The van der Waals surface area contributed by atoms with Gasteiger partial charge in [-0.25, -0.2) is 0 Å². The minimum absolute atomic E-state index is 0. The summed E-state index contributed by atoms with van der Waals surface area (Å²) in [5, 5.41) is 5.04. The Balaban J connectivity index is 0.00000169. The van der Waals surface area contributed by atoms with Crippen LogP contribution in [0.1, 0.15) is 18.9 Å². The van der Waals surface area contributed by atoms with Crippen LogP contribution in [-0.2, 0) is 21.6 Å². The summed E-state index contributed by atoms with van der Waals surface area (Å²) in [7, 11) is 4.27. The summed E-state index contributed by atoms with van der Waals surface area (Å²) in [6, 6.07) is 13.3.